The van der Waals surface area contributed by atoms with E-state index < -0.39 is 12.1 Å². The Morgan fingerprint density at radius 1 is 1.20 bits per heavy atom. The first-order valence-corrected chi connectivity index (χ1v) is 5.85. The molecule has 1 fully saturated rings. The quantitative estimate of drug-likeness (QED) is 0.719. The average Bonchev–Trinajstić information content (AvgIpc) is 2.17. The molecule has 0 aromatic carbocycles. The summed E-state index contributed by atoms with van der Waals surface area (Å²) in [7, 11) is 0. The van der Waals surface area contributed by atoms with Gasteiger partial charge in [0.05, 0.1) is 5.92 Å². The van der Waals surface area contributed by atoms with Crippen LogP contribution in [0.25, 0.3) is 0 Å². The minimum Gasteiger partial charge on any atom is -0.313 e. The number of hydrogen-bond donors (Lipinski definition) is 1. The van der Waals surface area contributed by atoms with Crippen molar-refractivity contribution in [3.05, 3.63) is 0 Å². The van der Waals surface area contributed by atoms with Crippen LogP contribution in [0.3, 0.4) is 0 Å². The smallest absolute Gasteiger partial charge is 0.313 e. The summed E-state index contributed by atoms with van der Waals surface area (Å²) < 4.78 is 38.0. The molecule has 1 rings (SSSR count). The summed E-state index contributed by atoms with van der Waals surface area (Å²) >= 11 is 0. The second kappa shape index (κ2) is 5.73. The Hall–Kier alpha value is -0.250. The molecule has 0 spiro atoms. The lowest BCUT2D eigenvalue weighted by atomic mass is 9.84. The lowest BCUT2D eigenvalue weighted by Gasteiger charge is -2.33. The molecule has 1 N–H and O–H groups in total. The standard InChI is InChI=1S/C11H20F3N/c1-2-3-8-15-10-7-5-4-6-9(10)11(12,13)14/h9-10,15H,2-8H2,1H3. The molecule has 4 heteroatoms. The van der Waals surface area contributed by atoms with Crippen LogP contribution in [-0.2, 0) is 0 Å². The molecule has 0 heterocycles. The molecule has 0 aliphatic heterocycles. The van der Waals surface area contributed by atoms with E-state index in [1.165, 1.54) is 0 Å². The molecule has 90 valence electrons. The van der Waals surface area contributed by atoms with Crippen LogP contribution < -0.4 is 5.32 Å². The van der Waals surface area contributed by atoms with Crippen molar-refractivity contribution in [2.45, 2.75) is 57.7 Å². The van der Waals surface area contributed by atoms with Crippen LogP contribution in [0.15, 0.2) is 0 Å². The first-order chi connectivity index (χ1) is 7.05. The fourth-order valence-corrected chi connectivity index (χ4v) is 2.23. The summed E-state index contributed by atoms with van der Waals surface area (Å²) in [5, 5.41) is 3.06. The van der Waals surface area contributed by atoms with E-state index in [9.17, 15) is 13.2 Å². The van der Waals surface area contributed by atoms with Crippen molar-refractivity contribution in [3.8, 4) is 0 Å². The predicted octanol–water partition coefficient (Wildman–Crippen LogP) is 3.50. The van der Waals surface area contributed by atoms with Crippen LogP contribution >= 0.6 is 0 Å². The topological polar surface area (TPSA) is 12.0 Å². The van der Waals surface area contributed by atoms with Crippen molar-refractivity contribution in [1.29, 1.82) is 0 Å². The van der Waals surface area contributed by atoms with Gasteiger partial charge in [0.2, 0.25) is 0 Å². The Labute approximate surface area is 89.4 Å². The molecule has 0 amide bonds. The van der Waals surface area contributed by atoms with Gasteiger partial charge in [-0.3, -0.25) is 0 Å². The van der Waals surface area contributed by atoms with Crippen molar-refractivity contribution in [3.63, 3.8) is 0 Å². The Kier molecular flexibility index (Phi) is 4.90. The molecule has 1 aliphatic rings. The number of hydrogen-bond acceptors (Lipinski definition) is 1. The van der Waals surface area contributed by atoms with Crippen molar-refractivity contribution in [2.75, 3.05) is 6.54 Å². The van der Waals surface area contributed by atoms with Gasteiger partial charge in [0.15, 0.2) is 0 Å². The lowest BCUT2D eigenvalue weighted by Crippen LogP contribution is -2.45. The van der Waals surface area contributed by atoms with Gasteiger partial charge in [-0.15, -0.1) is 0 Å². The fraction of sp³-hybridized carbons (Fsp3) is 1.00. The van der Waals surface area contributed by atoms with E-state index in [0.29, 0.717) is 19.4 Å². The normalized spacial score (nSPS) is 28.0. The Balaban J connectivity index is 2.43. The van der Waals surface area contributed by atoms with E-state index >= 15 is 0 Å². The van der Waals surface area contributed by atoms with Crippen LogP contribution in [0.5, 0.6) is 0 Å². The van der Waals surface area contributed by atoms with Crippen LogP contribution in [0, 0.1) is 5.92 Å². The van der Waals surface area contributed by atoms with Gasteiger partial charge in [-0.1, -0.05) is 26.2 Å². The van der Waals surface area contributed by atoms with Gasteiger partial charge in [0, 0.05) is 6.04 Å². The summed E-state index contributed by atoms with van der Waals surface area (Å²) in [5.41, 5.74) is 0. The summed E-state index contributed by atoms with van der Waals surface area (Å²) in [6.45, 7) is 2.76. The van der Waals surface area contributed by atoms with Gasteiger partial charge in [-0.2, -0.15) is 13.2 Å². The third-order valence-corrected chi connectivity index (χ3v) is 3.12. The zero-order chi connectivity index (χ0) is 11.3. The Morgan fingerprint density at radius 3 is 2.47 bits per heavy atom. The van der Waals surface area contributed by atoms with Crippen LogP contribution in [0.1, 0.15) is 45.4 Å². The molecule has 1 saturated carbocycles. The Morgan fingerprint density at radius 2 is 1.87 bits per heavy atom. The second-order valence-electron chi connectivity index (χ2n) is 4.35. The molecule has 2 atom stereocenters. The highest BCUT2D eigenvalue weighted by atomic mass is 19.4. The third-order valence-electron chi connectivity index (χ3n) is 3.12. The number of halogens is 3. The van der Waals surface area contributed by atoms with E-state index in [1.807, 2.05) is 6.92 Å². The first kappa shape index (κ1) is 12.8. The maximum Gasteiger partial charge on any atom is 0.393 e. The molecule has 0 aromatic heterocycles. The first-order valence-electron chi connectivity index (χ1n) is 5.85. The SMILES string of the molecule is CCCCNC1CCCCC1C(F)(F)F. The zero-order valence-electron chi connectivity index (χ0n) is 9.24. The van der Waals surface area contributed by atoms with Gasteiger partial charge in [-0.05, 0) is 25.8 Å². The number of alkyl halides is 3. The maximum atomic E-state index is 12.7. The second-order valence-corrected chi connectivity index (χ2v) is 4.35. The number of unbranched alkanes of at least 4 members (excludes halogenated alkanes) is 1. The molecular formula is C11H20F3N. The van der Waals surface area contributed by atoms with Crippen LogP contribution in [0.2, 0.25) is 0 Å². The monoisotopic (exact) mass is 223 g/mol. The summed E-state index contributed by atoms with van der Waals surface area (Å²) in [4.78, 5) is 0. The third kappa shape index (κ3) is 4.01. The van der Waals surface area contributed by atoms with Gasteiger partial charge < -0.3 is 5.32 Å². The zero-order valence-corrected chi connectivity index (χ0v) is 9.24. The highest BCUT2D eigenvalue weighted by molar-refractivity contribution is 4.85. The molecule has 1 aliphatic carbocycles. The van der Waals surface area contributed by atoms with Crippen LogP contribution in [-0.4, -0.2) is 18.8 Å². The van der Waals surface area contributed by atoms with Gasteiger partial charge >= 0.3 is 6.18 Å². The molecule has 1 nitrogen and oxygen atoms in total. The summed E-state index contributed by atoms with van der Waals surface area (Å²) in [6.07, 6.45) is 0.579. The van der Waals surface area contributed by atoms with Gasteiger partial charge in [-0.25, -0.2) is 0 Å². The molecule has 0 bridgehead atoms. The van der Waals surface area contributed by atoms with Crippen molar-refractivity contribution in [2.24, 2.45) is 5.92 Å². The average molecular weight is 223 g/mol. The minimum absolute atomic E-state index is 0.299. The van der Waals surface area contributed by atoms with E-state index in [-0.39, 0.29) is 6.04 Å². The lowest BCUT2D eigenvalue weighted by molar-refractivity contribution is -0.188. The van der Waals surface area contributed by atoms with Crippen molar-refractivity contribution >= 4 is 0 Å². The summed E-state index contributed by atoms with van der Waals surface area (Å²) in [6, 6.07) is -0.342. The number of rotatable bonds is 4. The fourth-order valence-electron chi connectivity index (χ4n) is 2.23. The van der Waals surface area contributed by atoms with E-state index in [0.717, 1.165) is 25.7 Å². The van der Waals surface area contributed by atoms with Gasteiger partial charge in [0.1, 0.15) is 0 Å². The highest BCUT2D eigenvalue weighted by Gasteiger charge is 2.45. The highest BCUT2D eigenvalue weighted by Crippen LogP contribution is 2.37. The maximum absolute atomic E-state index is 12.7. The number of nitrogens with one attached hydrogen (secondary N) is 1. The molecule has 0 radical (unpaired) electrons. The van der Waals surface area contributed by atoms with Crippen molar-refractivity contribution in [1.82, 2.24) is 5.32 Å². The van der Waals surface area contributed by atoms with Crippen LogP contribution in [0.4, 0.5) is 13.2 Å². The Bertz CT molecular complexity index is 179. The summed E-state index contributed by atoms with van der Waals surface area (Å²) in [5.74, 6) is -1.12. The largest absolute Gasteiger partial charge is 0.393 e. The molecule has 2 unspecified atom stereocenters. The van der Waals surface area contributed by atoms with E-state index in [4.69, 9.17) is 0 Å². The molecule has 15 heavy (non-hydrogen) atoms. The molecule has 0 aromatic rings. The predicted molar refractivity (Wildman–Crippen MR) is 54.7 cm³/mol. The van der Waals surface area contributed by atoms with E-state index in [1.54, 1.807) is 0 Å². The van der Waals surface area contributed by atoms with E-state index in [2.05, 4.69) is 5.32 Å². The molecule has 0 saturated heterocycles. The molecular weight excluding hydrogens is 203 g/mol. The van der Waals surface area contributed by atoms with Crippen molar-refractivity contribution < 1.29 is 13.2 Å². The van der Waals surface area contributed by atoms with Gasteiger partial charge in [0.25, 0.3) is 0 Å². The minimum atomic E-state index is -4.02.